The lowest BCUT2D eigenvalue weighted by Gasteiger charge is -2.24. The first-order valence-corrected chi connectivity index (χ1v) is 8.15. The normalized spacial score (nSPS) is 30.5. The van der Waals surface area contributed by atoms with Gasteiger partial charge in [0.1, 0.15) is 13.1 Å². The van der Waals surface area contributed by atoms with Crippen molar-refractivity contribution in [1.29, 1.82) is 0 Å². The molecule has 2 aliphatic heterocycles. The van der Waals surface area contributed by atoms with Crippen LogP contribution < -0.4 is 4.90 Å². The van der Waals surface area contributed by atoms with Crippen molar-refractivity contribution in [2.24, 2.45) is 11.8 Å². The van der Waals surface area contributed by atoms with Crippen LogP contribution in [0.1, 0.15) is 19.3 Å². The molecule has 6 heteroatoms. The number of likely N-dealkylation sites (tertiary alicyclic amines) is 1. The number of imide groups is 1. The van der Waals surface area contributed by atoms with Gasteiger partial charge in [0.15, 0.2) is 0 Å². The van der Waals surface area contributed by atoms with Gasteiger partial charge in [-0.15, -0.1) is 0 Å². The average Bonchev–Trinajstić information content (AvgIpc) is 2.73. The minimum atomic E-state index is -0.217. The molecule has 0 spiro atoms. The highest BCUT2D eigenvalue weighted by molar-refractivity contribution is 6.30. The molecule has 2 fully saturated rings. The number of rotatable bonds is 4. The highest BCUT2D eigenvalue weighted by Crippen LogP contribution is 2.38. The fourth-order valence-corrected chi connectivity index (χ4v) is 3.77. The Kier molecular flexibility index (Phi) is 4.62. The third-order valence-electron chi connectivity index (χ3n) is 4.77. The Morgan fingerprint density at radius 2 is 1.95 bits per heavy atom. The maximum Gasteiger partial charge on any atom is 0.233 e. The van der Waals surface area contributed by atoms with Gasteiger partial charge < -0.3 is 9.64 Å². The lowest BCUT2D eigenvalue weighted by molar-refractivity contribution is -0.908. The smallest absolute Gasteiger partial charge is 0.233 e. The molecule has 0 bridgehead atoms. The molecule has 1 aliphatic carbocycles. The molecule has 0 radical (unpaired) electrons. The van der Waals surface area contributed by atoms with E-state index >= 15 is 0 Å². The summed E-state index contributed by atoms with van der Waals surface area (Å²) in [5, 5.41) is 0.719. The van der Waals surface area contributed by atoms with Gasteiger partial charge >= 0.3 is 0 Å². The Hall–Kier alpha value is -0.910. The van der Waals surface area contributed by atoms with Crippen molar-refractivity contribution in [2.45, 2.75) is 19.3 Å². The van der Waals surface area contributed by atoms with Gasteiger partial charge in [-0.2, -0.15) is 0 Å². The first kappa shape index (κ1) is 15.0. The Morgan fingerprint density at radius 1 is 1.24 bits per heavy atom. The number of ether oxygens (including phenoxy) is 1. The maximum absolute atomic E-state index is 12.4. The summed E-state index contributed by atoms with van der Waals surface area (Å²) in [6.45, 7) is 5.21. The quantitative estimate of drug-likeness (QED) is 0.732. The summed E-state index contributed by atoms with van der Waals surface area (Å²) < 4.78 is 5.33. The molecule has 0 aromatic carbocycles. The molecule has 2 unspecified atom stereocenters. The van der Waals surface area contributed by atoms with Crippen molar-refractivity contribution in [3.8, 4) is 0 Å². The van der Waals surface area contributed by atoms with Crippen molar-refractivity contribution >= 4 is 23.4 Å². The molecule has 0 aromatic heterocycles. The fourth-order valence-electron chi connectivity index (χ4n) is 3.51. The second-order valence-corrected chi connectivity index (χ2v) is 6.58. The van der Waals surface area contributed by atoms with E-state index in [1.165, 1.54) is 9.80 Å². The molecule has 2 saturated heterocycles. The van der Waals surface area contributed by atoms with E-state index in [0.717, 1.165) is 44.3 Å². The van der Waals surface area contributed by atoms with Crippen molar-refractivity contribution in [1.82, 2.24) is 4.90 Å². The van der Waals surface area contributed by atoms with E-state index in [9.17, 15) is 9.59 Å². The molecule has 2 heterocycles. The monoisotopic (exact) mass is 313 g/mol. The molecule has 2 amide bonds. The number of amides is 2. The molecule has 2 atom stereocenters. The first-order chi connectivity index (χ1) is 10.2. The Balaban J connectivity index is 1.52. The van der Waals surface area contributed by atoms with Crippen molar-refractivity contribution in [3.63, 3.8) is 0 Å². The van der Waals surface area contributed by atoms with E-state index in [1.807, 2.05) is 6.08 Å². The Bertz CT molecular complexity index is 460. The van der Waals surface area contributed by atoms with Crippen LogP contribution in [-0.4, -0.2) is 56.1 Å². The minimum Gasteiger partial charge on any atom is -0.370 e. The van der Waals surface area contributed by atoms with E-state index in [4.69, 9.17) is 16.3 Å². The van der Waals surface area contributed by atoms with Crippen LogP contribution in [0.4, 0.5) is 0 Å². The van der Waals surface area contributed by atoms with Crippen LogP contribution in [-0.2, 0) is 14.3 Å². The molecule has 0 aromatic rings. The molecule has 21 heavy (non-hydrogen) atoms. The van der Waals surface area contributed by atoms with Gasteiger partial charge in [-0.25, -0.2) is 0 Å². The molecule has 0 saturated carbocycles. The topological polar surface area (TPSA) is 51.0 Å². The zero-order valence-electron chi connectivity index (χ0n) is 12.1. The number of fused-ring (bicyclic) bond motifs is 1. The van der Waals surface area contributed by atoms with Gasteiger partial charge in [0, 0.05) is 18.0 Å². The van der Waals surface area contributed by atoms with E-state index in [-0.39, 0.29) is 23.7 Å². The van der Waals surface area contributed by atoms with Crippen molar-refractivity contribution in [2.75, 3.05) is 39.4 Å². The standard InChI is InChI=1S/C15H21ClN2O3/c16-11-2-3-12-13(10-11)15(20)18(14(12)19)5-1-4-17-6-8-21-9-7-17/h2,12-13H,1,3-10H2/p+1. The van der Waals surface area contributed by atoms with Gasteiger partial charge in [-0.3, -0.25) is 14.5 Å². The summed E-state index contributed by atoms with van der Waals surface area (Å²) in [7, 11) is 0. The molecule has 5 nitrogen and oxygen atoms in total. The van der Waals surface area contributed by atoms with E-state index in [0.29, 0.717) is 19.4 Å². The maximum atomic E-state index is 12.4. The van der Waals surface area contributed by atoms with E-state index in [2.05, 4.69) is 0 Å². The first-order valence-electron chi connectivity index (χ1n) is 7.78. The van der Waals surface area contributed by atoms with Crippen LogP contribution in [0.5, 0.6) is 0 Å². The van der Waals surface area contributed by atoms with Gasteiger partial charge in [-0.05, 0) is 12.8 Å². The SMILES string of the molecule is O=C1C2CC=C(Cl)CC2C(=O)N1CCC[NH+]1CCOCC1. The summed E-state index contributed by atoms with van der Waals surface area (Å²) in [5.41, 5.74) is 0. The van der Waals surface area contributed by atoms with Crippen LogP contribution >= 0.6 is 11.6 Å². The zero-order valence-corrected chi connectivity index (χ0v) is 12.9. The number of carbonyl (C=O) groups excluding carboxylic acids is 2. The predicted molar refractivity (Wildman–Crippen MR) is 77.9 cm³/mol. The van der Waals surface area contributed by atoms with Crippen LogP contribution in [0.15, 0.2) is 11.1 Å². The minimum absolute atomic E-state index is 0.00222. The Labute approximate surface area is 129 Å². The van der Waals surface area contributed by atoms with Crippen LogP contribution in [0.25, 0.3) is 0 Å². The van der Waals surface area contributed by atoms with Crippen LogP contribution in [0.3, 0.4) is 0 Å². The molecule has 3 rings (SSSR count). The zero-order chi connectivity index (χ0) is 14.8. The fraction of sp³-hybridized carbons (Fsp3) is 0.733. The molecular weight excluding hydrogens is 292 g/mol. The summed E-state index contributed by atoms with van der Waals surface area (Å²) >= 11 is 6.01. The highest BCUT2D eigenvalue weighted by Gasteiger charge is 2.47. The second-order valence-electron chi connectivity index (χ2n) is 6.10. The number of hydrogen-bond acceptors (Lipinski definition) is 3. The molecule has 116 valence electrons. The number of allylic oxidation sites excluding steroid dienone is 2. The third kappa shape index (κ3) is 3.15. The summed E-state index contributed by atoms with van der Waals surface area (Å²) in [6.07, 6.45) is 3.89. The summed E-state index contributed by atoms with van der Waals surface area (Å²) in [6, 6.07) is 0. The van der Waals surface area contributed by atoms with Gasteiger partial charge in [0.05, 0.1) is 31.6 Å². The second kappa shape index (κ2) is 6.46. The van der Waals surface area contributed by atoms with Crippen molar-refractivity contribution in [3.05, 3.63) is 11.1 Å². The average molecular weight is 314 g/mol. The third-order valence-corrected chi connectivity index (χ3v) is 5.08. The van der Waals surface area contributed by atoms with E-state index in [1.54, 1.807) is 0 Å². The number of morpholine rings is 1. The van der Waals surface area contributed by atoms with Gasteiger partial charge in [0.25, 0.3) is 0 Å². The largest absolute Gasteiger partial charge is 0.370 e. The lowest BCUT2D eigenvalue weighted by Crippen LogP contribution is -3.14. The number of halogens is 1. The van der Waals surface area contributed by atoms with Crippen LogP contribution in [0.2, 0.25) is 0 Å². The predicted octanol–water partition coefficient (Wildman–Crippen LogP) is -0.191. The number of carbonyl (C=O) groups is 2. The number of hydrogen-bond donors (Lipinski definition) is 1. The lowest BCUT2D eigenvalue weighted by atomic mass is 9.85. The number of nitrogens with one attached hydrogen (secondary N) is 1. The van der Waals surface area contributed by atoms with Gasteiger partial charge in [-0.1, -0.05) is 17.7 Å². The van der Waals surface area contributed by atoms with E-state index < -0.39 is 0 Å². The molecule has 1 N–H and O–H groups in total. The Morgan fingerprint density at radius 3 is 2.71 bits per heavy atom. The number of quaternary nitrogens is 1. The summed E-state index contributed by atoms with van der Waals surface area (Å²) in [4.78, 5) is 27.7. The molecule has 3 aliphatic rings. The van der Waals surface area contributed by atoms with Crippen molar-refractivity contribution < 1.29 is 19.2 Å². The molecular formula is C15H22ClN2O3+. The van der Waals surface area contributed by atoms with Crippen LogP contribution in [0, 0.1) is 11.8 Å². The van der Waals surface area contributed by atoms with Gasteiger partial charge in [0.2, 0.25) is 11.8 Å². The number of nitrogens with zero attached hydrogens (tertiary/aromatic N) is 1. The summed E-state index contributed by atoms with van der Waals surface area (Å²) in [5.74, 6) is -0.405. The highest BCUT2D eigenvalue weighted by atomic mass is 35.5.